The first-order valence-corrected chi connectivity index (χ1v) is 5.60. The number of morpholine rings is 1. The maximum absolute atomic E-state index is 5.48. The Morgan fingerprint density at radius 2 is 2.38 bits per heavy atom. The second-order valence-corrected chi connectivity index (χ2v) is 4.01. The number of aryl methyl sites for hydroxylation is 1. The summed E-state index contributed by atoms with van der Waals surface area (Å²) >= 11 is 0. The molecule has 1 aromatic heterocycles. The molecule has 16 heavy (non-hydrogen) atoms. The van der Waals surface area contributed by atoms with Crippen LogP contribution in [0.4, 0.5) is 5.82 Å². The Kier molecular flexibility index (Phi) is 3.69. The molecule has 1 saturated heterocycles. The number of hydrogen-bond donors (Lipinski definition) is 1. The highest BCUT2D eigenvalue weighted by Crippen LogP contribution is 2.15. The number of rotatable bonds is 3. The topological polar surface area (TPSA) is 50.3 Å². The van der Waals surface area contributed by atoms with Crippen LogP contribution in [-0.4, -0.2) is 49.6 Å². The van der Waals surface area contributed by atoms with Gasteiger partial charge in [0.1, 0.15) is 0 Å². The molecule has 0 aromatic carbocycles. The quantitative estimate of drug-likeness (QED) is 0.792. The molecular formula is C11H18N4O. The summed E-state index contributed by atoms with van der Waals surface area (Å²) in [5.41, 5.74) is 0.946. The molecule has 0 amide bonds. The van der Waals surface area contributed by atoms with Gasteiger partial charge >= 0.3 is 0 Å². The third-order valence-electron chi connectivity index (χ3n) is 2.75. The first kappa shape index (κ1) is 11.3. The van der Waals surface area contributed by atoms with E-state index < -0.39 is 0 Å². The molecule has 0 aliphatic carbocycles. The van der Waals surface area contributed by atoms with E-state index in [1.165, 1.54) is 0 Å². The lowest BCUT2D eigenvalue weighted by Gasteiger charge is -2.36. The molecule has 5 heteroatoms. The minimum atomic E-state index is 0.343. The van der Waals surface area contributed by atoms with Crippen molar-refractivity contribution in [3.63, 3.8) is 0 Å². The van der Waals surface area contributed by atoms with Crippen LogP contribution in [0.25, 0.3) is 0 Å². The molecule has 1 N–H and O–H groups in total. The van der Waals surface area contributed by atoms with E-state index in [9.17, 15) is 0 Å². The third kappa shape index (κ3) is 2.48. The van der Waals surface area contributed by atoms with E-state index in [0.29, 0.717) is 6.04 Å². The minimum Gasteiger partial charge on any atom is -0.377 e. The summed E-state index contributed by atoms with van der Waals surface area (Å²) in [7, 11) is 1.95. The molecule has 1 atom stereocenters. The SMILES string of the molecule is CNCC1COCCN1c1ccc(C)nn1. The van der Waals surface area contributed by atoms with Crippen molar-refractivity contribution in [2.24, 2.45) is 0 Å². The molecule has 0 saturated carbocycles. The van der Waals surface area contributed by atoms with Crippen molar-refractivity contribution in [1.82, 2.24) is 15.5 Å². The van der Waals surface area contributed by atoms with Crippen molar-refractivity contribution in [1.29, 1.82) is 0 Å². The van der Waals surface area contributed by atoms with Gasteiger partial charge in [-0.25, -0.2) is 0 Å². The molecule has 1 aliphatic rings. The van der Waals surface area contributed by atoms with E-state index in [1.54, 1.807) is 0 Å². The Morgan fingerprint density at radius 1 is 1.50 bits per heavy atom. The predicted molar refractivity (Wildman–Crippen MR) is 62.6 cm³/mol. The molecule has 0 spiro atoms. The van der Waals surface area contributed by atoms with Crippen LogP contribution in [0.15, 0.2) is 12.1 Å². The van der Waals surface area contributed by atoms with E-state index in [4.69, 9.17) is 4.74 Å². The summed E-state index contributed by atoms with van der Waals surface area (Å²) < 4.78 is 5.48. The van der Waals surface area contributed by atoms with Crippen LogP contribution in [0.5, 0.6) is 0 Å². The Morgan fingerprint density at radius 3 is 3.06 bits per heavy atom. The zero-order chi connectivity index (χ0) is 11.4. The largest absolute Gasteiger partial charge is 0.377 e. The Balaban J connectivity index is 2.13. The van der Waals surface area contributed by atoms with Gasteiger partial charge in [-0.3, -0.25) is 0 Å². The van der Waals surface area contributed by atoms with E-state index in [1.807, 2.05) is 26.1 Å². The number of anilines is 1. The van der Waals surface area contributed by atoms with E-state index >= 15 is 0 Å². The van der Waals surface area contributed by atoms with Crippen molar-refractivity contribution in [2.45, 2.75) is 13.0 Å². The summed E-state index contributed by atoms with van der Waals surface area (Å²) in [4.78, 5) is 2.26. The van der Waals surface area contributed by atoms with Gasteiger partial charge in [-0.05, 0) is 26.1 Å². The second kappa shape index (κ2) is 5.23. The summed E-state index contributed by atoms with van der Waals surface area (Å²) in [6.07, 6.45) is 0. The monoisotopic (exact) mass is 222 g/mol. The Labute approximate surface area is 95.8 Å². The van der Waals surface area contributed by atoms with Gasteiger partial charge in [-0.1, -0.05) is 0 Å². The summed E-state index contributed by atoms with van der Waals surface area (Å²) in [6, 6.07) is 4.36. The van der Waals surface area contributed by atoms with E-state index in [2.05, 4.69) is 20.4 Å². The first-order valence-electron chi connectivity index (χ1n) is 5.60. The number of nitrogens with one attached hydrogen (secondary N) is 1. The van der Waals surface area contributed by atoms with Crippen LogP contribution < -0.4 is 10.2 Å². The van der Waals surface area contributed by atoms with Gasteiger partial charge in [0.15, 0.2) is 5.82 Å². The van der Waals surface area contributed by atoms with E-state index in [-0.39, 0.29) is 0 Å². The van der Waals surface area contributed by atoms with Gasteiger partial charge in [0.2, 0.25) is 0 Å². The number of likely N-dealkylation sites (N-methyl/N-ethyl adjacent to an activating group) is 1. The Hall–Kier alpha value is -1.20. The zero-order valence-corrected chi connectivity index (χ0v) is 9.81. The van der Waals surface area contributed by atoms with Crippen LogP contribution in [-0.2, 0) is 4.74 Å². The number of nitrogens with zero attached hydrogens (tertiary/aromatic N) is 3. The molecule has 1 unspecified atom stereocenters. The molecule has 2 rings (SSSR count). The van der Waals surface area contributed by atoms with Crippen LogP contribution in [0.3, 0.4) is 0 Å². The molecule has 0 radical (unpaired) electrons. The zero-order valence-electron chi connectivity index (χ0n) is 9.81. The van der Waals surface area contributed by atoms with Gasteiger partial charge in [0.25, 0.3) is 0 Å². The maximum atomic E-state index is 5.48. The van der Waals surface area contributed by atoms with Crippen LogP contribution in [0.2, 0.25) is 0 Å². The van der Waals surface area contributed by atoms with Crippen molar-refractivity contribution in [3.05, 3.63) is 17.8 Å². The summed E-state index contributed by atoms with van der Waals surface area (Å²) in [5.74, 6) is 0.939. The number of hydrogen-bond acceptors (Lipinski definition) is 5. The van der Waals surface area contributed by atoms with Crippen molar-refractivity contribution in [2.75, 3.05) is 38.3 Å². The molecule has 1 fully saturated rings. The highest BCUT2D eigenvalue weighted by Gasteiger charge is 2.23. The standard InChI is InChI=1S/C11H18N4O/c1-9-3-4-11(14-13-9)15-5-6-16-8-10(15)7-12-2/h3-4,10,12H,5-8H2,1-2H3. The normalized spacial score (nSPS) is 21.1. The maximum Gasteiger partial charge on any atom is 0.151 e. The van der Waals surface area contributed by atoms with Crippen molar-refractivity contribution < 1.29 is 4.74 Å². The van der Waals surface area contributed by atoms with E-state index in [0.717, 1.165) is 37.8 Å². The van der Waals surface area contributed by atoms with Crippen molar-refractivity contribution in [3.8, 4) is 0 Å². The smallest absolute Gasteiger partial charge is 0.151 e. The fourth-order valence-corrected chi connectivity index (χ4v) is 1.91. The Bertz CT molecular complexity index is 325. The van der Waals surface area contributed by atoms with Crippen LogP contribution in [0.1, 0.15) is 5.69 Å². The average molecular weight is 222 g/mol. The molecule has 1 aromatic rings. The lowest BCUT2D eigenvalue weighted by molar-refractivity contribution is 0.0938. The second-order valence-electron chi connectivity index (χ2n) is 4.01. The fourth-order valence-electron chi connectivity index (χ4n) is 1.91. The van der Waals surface area contributed by atoms with Gasteiger partial charge in [-0.15, -0.1) is 5.10 Å². The third-order valence-corrected chi connectivity index (χ3v) is 2.75. The predicted octanol–water partition coefficient (Wildman–Crippen LogP) is 0.210. The number of aromatic nitrogens is 2. The van der Waals surface area contributed by atoms with Gasteiger partial charge in [0.05, 0.1) is 24.9 Å². The average Bonchev–Trinajstić information content (AvgIpc) is 2.32. The highest BCUT2D eigenvalue weighted by molar-refractivity contribution is 5.39. The van der Waals surface area contributed by atoms with Crippen molar-refractivity contribution >= 4 is 5.82 Å². The molecular weight excluding hydrogens is 204 g/mol. The van der Waals surface area contributed by atoms with Crippen LogP contribution >= 0.6 is 0 Å². The summed E-state index contributed by atoms with van der Waals surface area (Å²) in [6.45, 7) is 5.23. The van der Waals surface area contributed by atoms with Gasteiger partial charge in [-0.2, -0.15) is 5.10 Å². The van der Waals surface area contributed by atoms with Gasteiger partial charge in [0, 0.05) is 13.1 Å². The fraction of sp³-hybridized carbons (Fsp3) is 0.636. The highest BCUT2D eigenvalue weighted by atomic mass is 16.5. The minimum absolute atomic E-state index is 0.343. The summed E-state index contributed by atoms with van der Waals surface area (Å²) in [5, 5.41) is 11.5. The molecule has 88 valence electrons. The lowest BCUT2D eigenvalue weighted by atomic mass is 10.2. The lowest BCUT2D eigenvalue weighted by Crippen LogP contribution is -2.50. The molecule has 5 nitrogen and oxygen atoms in total. The molecule has 2 heterocycles. The van der Waals surface area contributed by atoms with Crippen LogP contribution in [0, 0.1) is 6.92 Å². The van der Waals surface area contributed by atoms with Gasteiger partial charge < -0.3 is 15.0 Å². The molecule has 0 bridgehead atoms. The first-order chi connectivity index (χ1) is 7.81. The number of ether oxygens (including phenoxy) is 1. The molecule has 1 aliphatic heterocycles.